The number of carbonyl (C=O) groups is 1. The van der Waals surface area contributed by atoms with Crippen LogP contribution in [0, 0.1) is 6.92 Å². The maximum atomic E-state index is 11.4. The maximum absolute atomic E-state index is 11.4. The van der Waals surface area contributed by atoms with Crippen LogP contribution < -0.4 is 16.8 Å². The van der Waals surface area contributed by atoms with E-state index in [1.165, 1.54) is 11.3 Å². The molecule has 0 radical (unpaired) electrons. The quantitative estimate of drug-likeness (QED) is 0.747. The zero-order valence-electron chi connectivity index (χ0n) is 10.9. The van der Waals surface area contributed by atoms with Crippen molar-refractivity contribution >= 4 is 33.8 Å². The SMILES string of the molecule is CCc1nc(Nc2c(N)cccc2C(N)=O)sc1C. The molecule has 1 aromatic heterocycles. The molecule has 1 heterocycles. The monoisotopic (exact) mass is 276 g/mol. The molecule has 2 aromatic rings. The molecule has 0 bridgehead atoms. The van der Waals surface area contributed by atoms with E-state index in [1.807, 2.05) is 6.92 Å². The van der Waals surface area contributed by atoms with Gasteiger partial charge in [-0.25, -0.2) is 4.98 Å². The first kappa shape index (κ1) is 13.4. The average Bonchev–Trinajstić information content (AvgIpc) is 2.71. The number of hydrogen-bond donors (Lipinski definition) is 3. The van der Waals surface area contributed by atoms with Gasteiger partial charge < -0.3 is 16.8 Å². The molecule has 0 saturated carbocycles. The van der Waals surface area contributed by atoms with Gasteiger partial charge in [-0.3, -0.25) is 4.79 Å². The van der Waals surface area contributed by atoms with E-state index in [-0.39, 0.29) is 0 Å². The summed E-state index contributed by atoms with van der Waals surface area (Å²) in [4.78, 5) is 17.0. The number of thiazole rings is 1. The highest BCUT2D eigenvalue weighted by molar-refractivity contribution is 7.15. The molecule has 5 N–H and O–H groups in total. The van der Waals surface area contributed by atoms with Gasteiger partial charge in [0.1, 0.15) is 0 Å². The first-order chi connectivity index (χ1) is 9.02. The van der Waals surface area contributed by atoms with Crippen molar-refractivity contribution < 1.29 is 4.79 Å². The van der Waals surface area contributed by atoms with E-state index in [4.69, 9.17) is 11.5 Å². The fraction of sp³-hybridized carbons (Fsp3) is 0.231. The second-order valence-electron chi connectivity index (χ2n) is 4.13. The van der Waals surface area contributed by atoms with Gasteiger partial charge in [-0.15, -0.1) is 11.3 Å². The predicted molar refractivity (Wildman–Crippen MR) is 78.9 cm³/mol. The van der Waals surface area contributed by atoms with Crippen molar-refractivity contribution in [2.45, 2.75) is 20.3 Å². The first-order valence-electron chi connectivity index (χ1n) is 5.94. The second-order valence-corrected chi connectivity index (χ2v) is 5.34. The molecule has 0 spiro atoms. The third-order valence-electron chi connectivity index (χ3n) is 2.82. The van der Waals surface area contributed by atoms with Crippen LogP contribution in [0.1, 0.15) is 27.9 Å². The maximum Gasteiger partial charge on any atom is 0.250 e. The second kappa shape index (κ2) is 5.27. The minimum atomic E-state index is -0.515. The number of nitrogens with two attached hydrogens (primary N) is 2. The summed E-state index contributed by atoms with van der Waals surface area (Å²) in [5.41, 5.74) is 13.6. The van der Waals surface area contributed by atoms with Crippen molar-refractivity contribution in [2.24, 2.45) is 5.73 Å². The number of hydrogen-bond acceptors (Lipinski definition) is 5. The zero-order valence-corrected chi connectivity index (χ0v) is 11.7. The van der Waals surface area contributed by atoms with Gasteiger partial charge in [0, 0.05) is 4.88 Å². The Morgan fingerprint density at radius 1 is 1.47 bits per heavy atom. The van der Waals surface area contributed by atoms with Crippen molar-refractivity contribution in [3.63, 3.8) is 0 Å². The Morgan fingerprint density at radius 3 is 2.79 bits per heavy atom. The van der Waals surface area contributed by atoms with Crippen LogP contribution in [0.25, 0.3) is 0 Å². The minimum Gasteiger partial charge on any atom is -0.397 e. The van der Waals surface area contributed by atoms with Crippen LogP contribution in [-0.2, 0) is 6.42 Å². The molecule has 0 atom stereocenters. The topological polar surface area (TPSA) is 94.0 Å². The van der Waals surface area contributed by atoms with Gasteiger partial charge in [0.05, 0.1) is 22.6 Å². The molecule has 0 aliphatic carbocycles. The largest absolute Gasteiger partial charge is 0.397 e. The lowest BCUT2D eigenvalue weighted by Gasteiger charge is -2.10. The van der Waals surface area contributed by atoms with E-state index < -0.39 is 5.91 Å². The highest BCUT2D eigenvalue weighted by Gasteiger charge is 2.13. The van der Waals surface area contributed by atoms with E-state index >= 15 is 0 Å². The average molecular weight is 276 g/mol. The fourth-order valence-corrected chi connectivity index (χ4v) is 2.74. The molecular formula is C13H16N4OS. The summed E-state index contributed by atoms with van der Waals surface area (Å²) in [6.07, 6.45) is 0.872. The Morgan fingerprint density at radius 2 is 2.21 bits per heavy atom. The minimum absolute atomic E-state index is 0.367. The smallest absolute Gasteiger partial charge is 0.250 e. The lowest BCUT2D eigenvalue weighted by molar-refractivity contribution is 0.100. The molecule has 0 aliphatic rings. The fourth-order valence-electron chi connectivity index (χ4n) is 1.83. The molecular weight excluding hydrogens is 260 g/mol. The van der Waals surface area contributed by atoms with Crippen LogP contribution in [0.2, 0.25) is 0 Å². The number of nitrogen functional groups attached to an aromatic ring is 1. The van der Waals surface area contributed by atoms with Crippen LogP contribution >= 0.6 is 11.3 Å². The summed E-state index contributed by atoms with van der Waals surface area (Å²) in [5.74, 6) is -0.515. The van der Waals surface area contributed by atoms with Crippen LogP contribution in [0.5, 0.6) is 0 Å². The number of primary amides is 1. The highest BCUT2D eigenvalue weighted by Crippen LogP contribution is 2.30. The van der Waals surface area contributed by atoms with Gasteiger partial charge in [0.15, 0.2) is 5.13 Å². The third-order valence-corrected chi connectivity index (χ3v) is 3.75. The summed E-state index contributed by atoms with van der Waals surface area (Å²) in [7, 11) is 0. The van der Waals surface area contributed by atoms with Gasteiger partial charge in [-0.1, -0.05) is 13.0 Å². The predicted octanol–water partition coefficient (Wildman–Crippen LogP) is 2.44. The Hall–Kier alpha value is -2.08. The van der Waals surface area contributed by atoms with Crippen molar-refractivity contribution in [1.82, 2.24) is 4.98 Å². The molecule has 0 unspecified atom stereocenters. The lowest BCUT2D eigenvalue weighted by Crippen LogP contribution is -2.14. The Kier molecular flexibility index (Phi) is 3.71. The lowest BCUT2D eigenvalue weighted by atomic mass is 10.1. The van der Waals surface area contributed by atoms with Crippen molar-refractivity contribution in [3.8, 4) is 0 Å². The van der Waals surface area contributed by atoms with Gasteiger partial charge in [-0.05, 0) is 25.5 Å². The Labute approximate surface area is 115 Å². The number of aryl methyl sites for hydroxylation is 2. The molecule has 5 nitrogen and oxygen atoms in total. The normalized spacial score (nSPS) is 10.4. The molecule has 100 valence electrons. The van der Waals surface area contributed by atoms with Crippen molar-refractivity contribution in [3.05, 3.63) is 34.3 Å². The number of aromatic nitrogens is 1. The van der Waals surface area contributed by atoms with Gasteiger partial charge in [0.25, 0.3) is 5.91 Å². The van der Waals surface area contributed by atoms with E-state index in [9.17, 15) is 4.79 Å². The van der Waals surface area contributed by atoms with Gasteiger partial charge in [0.2, 0.25) is 0 Å². The van der Waals surface area contributed by atoms with Gasteiger partial charge >= 0.3 is 0 Å². The van der Waals surface area contributed by atoms with Gasteiger partial charge in [-0.2, -0.15) is 0 Å². The number of carbonyl (C=O) groups excluding carboxylic acids is 1. The number of nitrogens with zero attached hydrogens (tertiary/aromatic N) is 1. The Bertz CT molecular complexity index is 621. The number of amides is 1. The van der Waals surface area contributed by atoms with E-state index in [1.54, 1.807) is 18.2 Å². The molecule has 0 aliphatic heterocycles. The number of nitrogens with one attached hydrogen (secondary N) is 1. The molecule has 6 heteroatoms. The van der Waals surface area contributed by atoms with E-state index in [0.717, 1.165) is 22.1 Å². The number of benzene rings is 1. The van der Waals surface area contributed by atoms with Crippen LogP contribution in [0.3, 0.4) is 0 Å². The van der Waals surface area contributed by atoms with E-state index in [0.29, 0.717) is 16.9 Å². The summed E-state index contributed by atoms with van der Waals surface area (Å²) < 4.78 is 0. The molecule has 0 fully saturated rings. The summed E-state index contributed by atoms with van der Waals surface area (Å²) >= 11 is 1.53. The van der Waals surface area contributed by atoms with Crippen LogP contribution in [0.15, 0.2) is 18.2 Å². The first-order valence-corrected chi connectivity index (χ1v) is 6.76. The third kappa shape index (κ3) is 2.68. The van der Waals surface area contributed by atoms with Crippen LogP contribution in [0.4, 0.5) is 16.5 Å². The summed E-state index contributed by atoms with van der Waals surface area (Å²) in [6, 6.07) is 5.06. The molecule has 1 amide bonds. The summed E-state index contributed by atoms with van der Waals surface area (Å²) in [6.45, 7) is 4.07. The number of anilines is 3. The molecule has 1 aromatic carbocycles. The Balaban J connectivity index is 2.39. The number of para-hydroxylation sites is 1. The zero-order chi connectivity index (χ0) is 14.0. The standard InChI is InChI=1S/C13H16N4OS/c1-3-10-7(2)19-13(16-10)17-11-8(12(15)18)5-4-6-9(11)14/h4-6H,3,14H2,1-2H3,(H2,15,18)(H,16,17). The van der Waals surface area contributed by atoms with Crippen LogP contribution in [-0.4, -0.2) is 10.9 Å². The van der Waals surface area contributed by atoms with Crippen molar-refractivity contribution in [1.29, 1.82) is 0 Å². The summed E-state index contributed by atoms with van der Waals surface area (Å²) in [5, 5.41) is 3.82. The number of rotatable bonds is 4. The molecule has 0 saturated heterocycles. The molecule has 2 rings (SSSR count). The molecule has 19 heavy (non-hydrogen) atoms. The van der Waals surface area contributed by atoms with Crippen molar-refractivity contribution in [2.75, 3.05) is 11.1 Å². The highest BCUT2D eigenvalue weighted by atomic mass is 32.1. The van der Waals surface area contributed by atoms with E-state index in [2.05, 4.69) is 17.2 Å².